The molecule has 0 aliphatic rings. The normalized spacial score (nSPS) is 14.4. The second-order valence-electron chi connectivity index (χ2n) is 6.08. The number of nitrogens with zero attached hydrogens (tertiary/aromatic N) is 1. The fourth-order valence-electron chi connectivity index (χ4n) is 3.40. The molecule has 0 spiro atoms. The van der Waals surface area contributed by atoms with Crippen molar-refractivity contribution in [1.82, 2.24) is 4.90 Å². The number of thiocarbonyl (C=S) groups is 1. The molecule has 0 radical (unpaired) electrons. The van der Waals surface area contributed by atoms with Crippen molar-refractivity contribution in [2.24, 2.45) is 5.73 Å². The number of hydrogen-bond acceptors (Lipinski definition) is 4. The van der Waals surface area contributed by atoms with Gasteiger partial charge >= 0.3 is 0 Å². The smallest absolute Gasteiger partial charge is 0.184 e. The van der Waals surface area contributed by atoms with Gasteiger partial charge in [-0.2, -0.15) is 0 Å². The molecular weight excluding hydrogens is 292 g/mol. The molecule has 0 aliphatic carbocycles. The summed E-state index contributed by atoms with van der Waals surface area (Å²) in [6.07, 6.45) is 0.742. The predicted octanol–water partition coefficient (Wildman–Crippen LogP) is 3.71. The van der Waals surface area contributed by atoms with Crippen molar-refractivity contribution in [3.8, 4) is 0 Å². The molecule has 0 heterocycles. The molecule has 0 fully saturated rings. The average molecular weight is 323 g/mol. The van der Waals surface area contributed by atoms with Gasteiger partial charge in [-0.05, 0) is 65.4 Å². The monoisotopic (exact) mass is 322 g/mol. The summed E-state index contributed by atoms with van der Waals surface area (Å²) < 4.78 is 5.83. The first-order valence-corrected chi connectivity index (χ1v) is 8.53. The molecule has 0 saturated heterocycles. The molecular formula is C18H30N2OS. The summed E-state index contributed by atoms with van der Waals surface area (Å²) in [6, 6.07) is 11.0. The van der Waals surface area contributed by atoms with E-state index in [4.69, 9.17) is 22.7 Å². The minimum absolute atomic E-state index is 0.324. The third kappa shape index (κ3) is 3.86. The largest absolute Gasteiger partial charge is 0.485 e. The minimum atomic E-state index is -0.469. The van der Waals surface area contributed by atoms with Gasteiger partial charge < -0.3 is 10.5 Å². The number of benzene rings is 1. The predicted molar refractivity (Wildman–Crippen MR) is 98.1 cm³/mol. The lowest BCUT2D eigenvalue weighted by Crippen LogP contribution is -2.58. The van der Waals surface area contributed by atoms with Gasteiger partial charge in [0.1, 0.15) is 5.54 Å². The zero-order valence-corrected chi connectivity index (χ0v) is 15.3. The van der Waals surface area contributed by atoms with Crippen LogP contribution in [-0.2, 0) is 10.3 Å². The molecule has 3 nitrogen and oxygen atoms in total. The van der Waals surface area contributed by atoms with Crippen LogP contribution in [0.15, 0.2) is 30.3 Å². The van der Waals surface area contributed by atoms with Crippen LogP contribution in [0, 0.1) is 0 Å². The topological polar surface area (TPSA) is 38.5 Å². The maximum atomic E-state index is 5.98. The van der Waals surface area contributed by atoms with Gasteiger partial charge in [-0.3, -0.25) is 4.90 Å². The van der Waals surface area contributed by atoms with Crippen LogP contribution in [0.3, 0.4) is 0 Å². The van der Waals surface area contributed by atoms with E-state index < -0.39 is 5.54 Å². The van der Waals surface area contributed by atoms with E-state index in [2.05, 4.69) is 44.7 Å². The van der Waals surface area contributed by atoms with Crippen LogP contribution in [-0.4, -0.2) is 35.2 Å². The lowest BCUT2D eigenvalue weighted by molar-refractivity contribution is 0.0499. The summed E-state index contributed by atoms with van der Waals surface area (Å²) >= 11 is 5.73. The van der Waals surface area contributed by atoms with Gasteiger partial charge in [-0.25, -0.2) is 0 Å². The van der Waals surface area contributed by atoms with Crippen LogP contribution in [0.25, 0.3) is 0 Å². The highest BCUT2D eigenvalue weighted by Gasteiger charge is 2.45. The Morgan fingerprint density at radius 2 is 1.73 bits per heavy atom. The first kappa shape index (κ1) is 19.1. The molecule has 1 rings (SSSR count). The van der Waals surface area contributed by atoms with Gasteiger partial charge in [0.05, 0.1) is 6.61 Å². The van der Waals surface area contributed by atoms with Crippen molar-refractivity contribution >= 4 is 17.3 Å². The van der Waals surface area contributed by atoms with Crippen molar-refractivity contribution in [1.29, 1.82) is 0 Å². The molecule has 1 unspecified atom stereocenters. The van der Waals surface area contributed by atoms with E-state index in [9.17, 15) is 0 Å². The van der Waals surface area contributed by atoms with Gasteiger partial charge in [0.2, 0.25) is 0 Å². The van der Waals surface area contributed by atoms with Gasteiger partial charge in [0.15, 0.2) is 5.05 Å². The Kier molecular flexibility index (Phi) is 7.46. The van der Waals surface area contributed by atoms with E-state index >= 15 is 0 Å². The molecule has 4 heteroatoms. The Bertz CT molecular complexity index is 453. The van der Waals surface area contributed by atoms with E-state index in [0.717, 1.165) is 12.0 Å². The quantitative estimate of drug-likeness (QED) is 0.741. The Balaban J connectivity index is 3.54. The molecule has 1 atom stereocenters. The molecule has 22 heavy (non-hydrogen) atoms. The lowest BCUT2D eigenvalue weighted by Gasteiger charge is -2.48. The van der Waals surface area contributed by atoms with Gasteiger partial charge in [-0.15, -0.1) is 0 Å². The van der Waals surface area contributed by atoms with E-state index in [0.29, 0.717) is 30.3 Å². The summed E-state index contributed by atoms with van der Waals surface area (Å²) in [5, 5.41) is 0.619. The summed E-state index contributed by atoms with van der Waals surface area (Å²) in [6.45, 7) is 11.9. The summed E-state index contributed by atoms with van der Waals surface area (Å²) in [7, 11) is 0. The second-order valence-corrected chi connectivity index (χ2v) is 6.45. The average Bonchev–Trinajstić information content (AvgIpc) is 2.46. The molecule has 0 bridgehead atoms. The second kappa shape index (κ2) is 8.61. The summed E-state index contributed by atoms with van der Waals surface area (Å²) in [5.41, 5.74) is 6.67. The first-order valence-electron chi connectivity index (χ1n) is 8.13. The first-order chi connectivity index (χ1) is 10.4. The summed E-state index contributed by atoms with van der Waals surface area (Å²) in [5.74, 6) is 0. The van der Waals surface area contributed by atoms with Crippen LogP contribution in [0.5, 0.6) is 0 Å². The van der Waals surface area contributed by atoms with Crippen LogP contribution in [0.2, 0.25) is 0 Å². The van der Waals surface area contributed by atoms with Gasteiger partial charge in [0, 0.05) is 12.1 Å². The molecule has 0 amide bonds. The lowest BCUT2D eigenvalue weighted by atomic mass is 9.83. The molecule has 1 aromatic rings. The molecule has 1 aromatic carbocycles. The highest BCUT2D eigenvalue weighted by Crippen LogP contribution is 2.37. The number of hydrogen-bond donors (Lipinski definition) is 1. The minimum Gasteiger partial charge on any atom is -0.485 e. The van der Waals surface area contributed by atoms with E-state index in [1.165, 1.54) is 0 Å². The SMILES string of the molecule is CCOC(=S)C(CCN)(c1ccccc1)N(C(C)C)C(C)C. The Morgan fingerprint density at radius 3 is 2.14 bits per heavy atom. The van der Waals surface area contributed by atoms with E-state index in [1.807, 2.05) is 25.1 Å². The standard InChI is InChI=1S/C18H30N2OS/c1-6-21-17(22)18(12-13-19,16-10-8-7-9-11-16)20(14(2)3)15(4)5/h7-11,14-15H,6,12-13,19H2,1-5H3. The maximum Gasteiger partial charge on any atom is 0.184 e. The van der Waals surface area contributed by atoms with Crippen LogP contribution < -0.4 is 5.73 Å². The molecule has 2 N–H and O–H groups in total. The zero-order valence-electron chi connectivity index (χ0n) is 14.5. The molecule has 0 saturated carbocycles. The van der Waals surface area contributed by atoms with Gasteiger partial charge in [-0.1, -0.05) is 30.3 Å². The van der Waals surface area contributed by atoms with Crippen molar-refractivity contribution in [2.45, 2.75) is 58.7 Å². The molecule has 0 aromatic heterocycles. The van der Waals surface area contributed by atoms with Crippen LogP contribution in [0.1, 0.15) is 46.6 Å². The van der Waals surface area contributed by atoms with Crippen molar-refractivity contribution in [3.05, 3.63) is 35.9 Å². The van der Waals surface area contributed by atoms with Crippen molar-refractivity contribution in [3.63, 3.8) is 0 Å². The third-order valence-corrected chi connectivity index (χ3v) is 4.38. The van der Waals surface area contributed by atoms with Crippen LogP contribution >= 0.6 is 12.2 Å². The maximum absolute atomic E-state index is 5.98. The number of nitrogens with two attached hydrogens (primary N) is 1. The highest BCUT2D eigenvalue weighted by atomic mass is 32.1. The Labute approximate surface area is 140 Å². The Morgan fingerprint density at radius 1 is 1.18 bits per heavy atom. The summed E-state index contributed by atoms with van der Waals surface area (Å²) in [4.78, 5) is 2.42. The highest BCUT2D eigenvalue weighted by molar-refractivity contribution is 7.80. The Hall–Kier alpha value is -0.970. The van der Waals surface area contributed by atoms with Crippen molar-refractivity contribution < 1.29 is 4.74 Å². The number of ether oxygens (including phenoxy) is 1. The third-order valence-electron chi connectivity index (χ3n) is 3.92. The molecule has 0 aliphatic heterocycles. The van der Waals surface area contributed by atoms with E-state index in [-0.39, 0.29) is 0 Å². The van der Waals surface area contributed by atoms with Crippen LogP contribution in [0.4, 0.5) is 0 Å². The number of rotatable bonds is 8. The molecule has 124 valence electrons. The van der Waals surface area contributed by atoms with E-state index in [1.54, 1.807) is 0 Å². The fourth-order valence-corrected chi connectivity index (χ4v) is 3.84. The van der Waals surface area contributed by atoms with Gasteiger partial charge in [0.25, 0.3) is 0 Å². The fraction of sp³-hybridized carbons (Fsp3) is 0.611. The van der Waals surface area contributed by atoms with Crippen molar-refractivity contribution in [2.75, 3.05) is 13.2 Å². The zero-order chi connectivity index (χ0) is 16.8.